The van der Waals surface area contributed by atoms with Gasteiger partial charge in [0, 0.05) is 30.1 Å². The molecule has 2 aromatic rings. The molecule has 0 fully saturated rings. The van der Waals surface area contributed by atoms with Gasteiger partial charge in [0.15, 0.2) is 11.5 Å². The molecule has 2 N–H and O–H groups in total. The van der Waals surface area contributed by atoms with Gasteiger partial charge in [-0.3, -0.25) is 0 Å². The van der Waals surface area contributed by atoms with Gasteiger partial charge in [-0.2, -0.15) is 4.98 Å². The van der Waals surface area contributed by atoms with Crippen LogP contribution in [0.2, 0.25) is 0 Å². The zero-order chi connectivity index (χ0) is 17.5. The van der Waals surface area contributed by atoms with Gasteiger partial charge in [0.1, 0.15) is 5.82 Å². The van der Waals surface area contributed by atoms with E-state index >= 15 is 0 Å². The lowest BCUT2D eigenvalue weighted by Crippen LogP contribution is -2.08. The summed E-state index contributed by atoms with van der Waals surface area (Å²) in [6.07, 6.45) is 1.10. The van der Waals surface area contributed by atoms with Crippen molar-refractivity contribution >= 4 is 17.5 Å². The van der Waals surface area contributed by atoms with E-state index in [1.807, 2.05) is 31.2 Å². The highest BCUT2D eigenvalue weighted by Gasteiger charge is 2.07. The predicted molar refractivity (Wildman–Crippen MR) is 97.5 cm³/mol. The minimum atomic E-state index is 0.550. The molecule has 1 heterocycles. The molecule has 1 aromatic heterocycles. The summed E-state index contributed by atoms with van der Waals surface area (Å²) in [7, 11) is 3.23. The minimum Gasteiger partial charge on any atom is -0.493 e. The van der Waals surface area contributed by atoms with Crippen LogP contribution in [0.4, 0.5) is 17.5 Å². The van der Waals surface area contributed by atoms with Crippen LogP contribution in [0, 0.1) is 12.8 Å². The summed E-state index contributed by atoms with van der Waals surface area (Å²) in [6, 6.07) is 7.55. The molecule has 0 aliphatic rings. The molecular formula is C18H26N4O2. The van der Waals surface area contributed by atoms with Crippen LogP contribution in [-0.4, -0.2) is 30.7 Å². The third-order valence-electron chi connectivity index (χ3n) is 3.52. The highest BCUT2D eigenvalue weighted by atomic mass is 16.5. The maximum atomic E-state index is 5.32. The molecule has 0 saturated heterocycles. The number of nitrogens with one attached hydrogen (secondary N) is 2. The first kappa shape index (κ1) is 17.8. The number of rotatable bonds is 8. The first-order chi connectivity index (χ1) is 11.5. The molecule has 0 amide bonds. The lowest BCUT2D eigenvalue weighted by molar-refractivity contribution is 0.355. The van der Waals surface area contributed by atoms with Gasteiger partial charge in [-0.25, -0.2) is 4.98 Å². The first-order valence-corrected chi connectivity index (χ1v) is 8.10. The van der Waals surface area contributed by atoms with Gasteiger partial charge in [-0.15, -0.1) is 0 Å². The SMILES string of the molecule is COc1ccc(Nc2nc(C)cc(NCCC(C)C)n2)cc1OC. The van der Waals surface area contributed by atoms with E-state index in [0.717, 1.165) is 30.2 Å². The first-order valence-electron chi connectivity index (χ1n) is 8.10. The molecule has 0 spiro atoms. The highest BCUT2D eigenvalue weighted by Crippen LogP contribution is 2.30. The molecule has 6 nitrogen and oxygen atoms in total. The molecule has 0 aliphatic carbocycles. The van der Waals surface area contributed by atoms with Crippen LogP contribution >= 0.6 is 0 Å². The molecule has 24 heavy (non-hydrogen) atoms. The summed E-state index contributed by atoms with van der Waals surface area (Å²) < 4.78 is 10.6. The number of hydrogen-bond donors (Lipinski definition) is 2. The zero-order valence-corrected chi connectivity index (χ0v) is 15.0. The Hall–Kier alpha value is -2.50. The van der Waals surface area contributed by atoms with Crippen molar-refractivity contribution in [3.05, 3.63) is 30.0 Å². The number of benzene rings is 1. The van der Waals surface area contributed by atoms with Crippen molar-refractivity contribution in [3.8, 4) is 11.5 Å². The lowest BCUT2D eigenvalue weighted by atomic mass is 10.1. The minimum absolute atomic E-state index is 0.550. The molecule has 0 bridgehead atoms. The third kappa shape index (κ3) is 5.01. The maximum absolute atomic E-state index is 5.32. The molecule has 2 rings (SSSR count). The fourth-order valence-electron chi connectivity index (χ4n) is 2.25. The van der Waals surface area contributed by atoms with E-state index in [1.165, 1.54) is 0 Å². The average Bonchev–Trinajstić information content (AvgIpc) is 2.53. The Morgan fingerprint density at radius 1 is 1.04 bits per heavy atom. The van der Waals surface area contributed by atoms with E-state index in [4.69, 9.17) is 9.47 Å². The van der Waals surface area contributed by atoms with Crippen molar-refractivity contribution in [2.75, 3.05) is 31.4 Å². The van der Waals surface area contributed by atoms with Crippen molar-refractivity contribution in [1.29, 1.82) is 0 Å². The molecule has 130 valence electrons. The molecule has 0 aliphatic heterocycles. The quantitative estimate of drug-likeness (QED) is 0.762. The normalized spacial score (nSPS) is 10.6. The van der Waals surface area contributed by atoms with Crippen molar-refractivity contribution in [1.82, 2.24) is 9.97 Å². The van der Waals surface area contributed by atoms with Gasteiger partial charge < -0.3 is 20.1 Å². The summed E-state index contributed by atoms with van der Waals surface area (Å²) >= 11 is 0. The Balaban J connectivity index is 2.13. The monoisotopic (exact) mass is 330 g/mol. The second-order valence-corrected chi connectivity index (χ2v) is 6.02. The number of ether oxygens (including phenoxy) is 2. The van der Waals surface area contributed by atoms with Gasteiger partial charge in [-0.05, 0) is 31.4 Å². The van der Waals surface area contributed by atoms with Crippen LogP contribution < -0.4 is 20.1 Å². The Bertz CT molecular complexity index is 674. The smallest absolute Gasteiger partial charge is 0.229 e. The van der Waals surface area contributed by atoms with Crippen molar-refractivity contribution in [3.63, 3.8) is 0 Å². The standard InChI is InChI=1S/C18H26N4O2/c1-12(2)8-9-19-17-10-13(3)20-18(22-17)21-14-6-7-15(23-4)16(11-14)24-5/h6-7,10-12H,8-9H2,1-5H3,(H2,19,20,21,22). The fraction of sp³-hybridized carbons (Fsp3) is 0.444. The van der Waals surface area contributed by atoms with Gasteiger partial charge in [0.25, 0.3) is 0 Å². The van der Waals surface area contributed by atoms with Gasteiger partial charge in [0.05, 0.1) is 14.2 Å². The van der Waals surface area contributed by atoms with Crippen LogP contribution in [0.5, 0.6) is 11.5 Å². The van der Waals surface area contributed by atoms with Crippen molar-refractivity contribution in [2.24, 2.45) is 5.92 Å². The van der Waals surface area contributed by atoms with Crippen molar-refractivity contribution < 1.29 is 9.47 Å². The largest absolute Gasteiger partial charge is 0.493 e. The summed E-state index contributed by atoms with van der Waals surface area (Å²) in [4.78, 5) is 8.95. The molecule has 0 unspecified atom stereocenters. The summed E-state index contributed by atoms with van der Waals surface area (Å²) in [6.45, 7) is 7.26. The van der Waals surface area contributed by atoms with Crippen LogP contribution in [0.25, 0.3) is 0 Å². The van der Waals surface area contributed by atoms with E-state index in [-0.39, 0.29) is 0 Å². The lowest BCUT2D eigenvalue weighted by Gasteiger charge is -2.12. The molecule has 0 saturated carbocycles. The van der Waals surface area contributed by atoms with E-state index in [1.54, 1.807) is 14.2 Å². The van der Waals surface area contributed by atoms with Crippen molar-refractivity contribution in [2.45, 2.75) is 27.2 Å². The molecule has 0 radical (unpaired) electrons. The number of hydrogen-bond acceptors (Lipinski definition) is 6. The second kappa shape index (κ2) is 8.38. The number of anilines is 3. The molecule has 0 atom stereocenters. The van der Waals surface area contributed by atoms with E-state index in [0.29, 0.717) is 23.4 Å². The second-order valence-electron chi connectivity index (χ2n) is 6.02. The van der Waals surface area contributed by atoms with Crippen LogP contribution in [0.3, 0.4) is 0 Å². The predicted octanol–water partition coefficient (Wildman–Crippen LogP) is 4.00. The maximum Gasteiger partial charge on any atom is 0.229 e. The Morgan fingerprint density at radius 2 is 1.79 bits per heavy atom. The number of aryl methyl sites for hydroxylation is 1. The third-order valence-corrected chi connectivity index (χ3v) is 3.52. The average molecular weight is 330 g/mol. The Morgan fingerprint density at radius 3 is 2.46 bits per heavy atom. The molecular weight excluding hydrogens is 304 g/mol. The van der Waals surface area contributed by atoms with E-state index in [2.05, 4.69) is 34.4 Å². The van der Waals surface area contributed by atoms with Crippen LogP contribution in [-0.2, 0) is 0 Å². The highest BCUT2D eigenvalue weighted by molar-refractivity contribution is 5.60. The number of methoxy groups -OCH3 is 2. The summed E-state index contributed by atoms with van der Waals surface area (Å²) in [5.41, 5.74) is 1.74. The van der Waals surface area contributed by atoms with E-state index in [9.17, 15) is 0 Å². The number of nitrogens with zero attached hydrogens (tertiary/aromatic N) is 2. The Labute approximate surface area is 143 Å². The van der Waals surface area contributed by atoms with Gasteiger partial charge in [-0.1, -0.05) is 13.8 Å². The molecule has 1 aromatic carbocycles. The Kier molecular flexibility index (Phi) is 6.23. The number of aromatic nitrogens is 2. The summed E-state index contributed by atoms with van der Waals surface area (Å²) in [5.74, 6) is 3.37. The molecule has 6 heteroatoms. The van der Waals surface area contributed by atoms with Crippen LogP contribution in [0.1, 0.15) is 26.0 Å². The zero-order valence-electron chi connectivity index (χ0n) is 15.0. The summed E-state index contributed by atoms with van der Waals surface area (Å²) in [5, 5.41) is 6.56. The fourth-order valence-corrected chi connectivity index (χ4v) is 2.25. The topological polar surface area (TPSA) is 68.3 Å². The van der Waals surface area contributed by atoms with Gasteiger partial charge >= 0.3 is 0 Å². The van der Waals surface area contributed by atoms with Crippen LogP contribution in [0.15, 0.2) is 24.3 Å². The van der Waals surface area contributed by atoms with Gasteiger partial charge in [0.2, 0.25) is 5.95 Å². The van der Waals surface area contributed by atoms with E-state index < -0.39 is 0 Å².